The van der Waals surface area contributed by atoms with E-state index in [-0.39, 0.29) is 11.2 Å². The Bertz CT molecular complexity index is 113. The van der Waals surface area contributed by atoms with Gasteiger partial charge in [-0.25, -0.2) is 0 Å². The van der Waals surface area contributed by atoms with Gasteiger partial charge in [0.1, 0.15) is 6.29 Å². The van der Waals surface area contributed by atoms with E-state index in [9.17, 15) is 9.59 Å². The van der Waals surface area contributed by atoms with Crippen LogP contribution < -0.4 is 0 Å². The first kappa shape index (κ1) is 8.62. The zero-order valence-corrected chi connectivity index (χ0v) is 6.30. The van der Waals surface area contributed by atoms with Crippen LogP contribution in [-0.2, 0) is 9.59 Å². The summed E-state index contributed by atoms with van der Waals surface area (Å²) in [6.07, 6.45) is 1.08. The Kier molecular flexibility index (Phi) is 4.30. The monoisotopic (exact) mass is 194 g/mol. The van der Waals surface area contributed by atoms with Gasteiger partial charge < -0.3 is 9.90 Å². The van der Waals surface area contributed by atoms with Crippen molar-refractivity contribution >= 4 is 28.2 Å². The summed E-state index contributed by atoms with van der Waals surface area (Å²) in [6, 6.07) is 0. The molecule has 0 aromatic rings. The van der Waals surface area contributed by atoms with Crippen molar-refractivity contribution in [2.45, 2.75) is 17.7 Å². The summed E-state index contributed by atoms with van der Waals surface area (Å²) < 4.78 is 0. The van der Waals surface area contributed by atoms with E-state index < -0.39 is 5.97 Å². The quantitative estimate of drug-likeness (QED) is 0.533. The van der Waals surface area contributed by atoms with Crippen molar-refractivity contribution < 1.29 is 14.7 Å². The molecular weight excluding hydrogens is 188 g/mol. The fourth-order valence-corrected chi connectivity index (χ4v) is 0.558. The molecule has 4 heteroatoms. The molecule has 0 aliphatic carbocycles. The van der Waals surface area contributed by atoms with Gasteiger partial charge in [-0.05, 0) is 6.42 Å². The number of carboxylic acids is 1. The second-order valence-electron chi connectivity index (χ2n) is 1.58. The number of hydrogen-bond donors (Lipinski definition) is 1. The lowest BCUT2D eigenvalue weighted by Crippen LogP contribution is -2.03. The molecular formula is C5H7BrO3. The summed E-state index contributed by atoms with van der Waals surface area (Å²) in [5, 5.41) is 8.12. The minimum atomic E-state index is -0.874. The molecule has 3 nitrogen and oxygen atoms in total. The van der Waals surface area contributed by atoms with Crippen molar-refractivity contribution in [3.05, 3.63) is 0 Å². The van der Waals surface area contributed by atoms with Crippen LogP contribution in [0.1, 0.15) is 12.8 Å². The first-order chi connectivity index (χ1) is 4.16. The van der Waals surface area contributed by atoms with E-state index in [0.717, 1.165) is 0 Å². The molecule has 0 aliphatic rings. The highest BCUT2D eigenvalue weighted by molar-refractivity contribution is 9.09. The topological polar surface area (TPSA) is 54.4 Å². The Morgan fingerprint density at radius 1 is 1.78 bits per heavy atom. The number of carbonyl (C=O) groups is 2. The van der Waals surface area contributed by atoms with Crippen molar-refractivity contribution in [2.75, 3.05) is 0 Å². The number of halogens is 1. The highest BCUT2D eigenvalue weighted by Gasteiger charge is 2.03. The largest absolute Gasteiger partial charge is 0.481 e. The van der Waals surface area contributed by atoms with Crippen molar-refractivity contribution in [1.82, 2.24) is 0 Å². The molecule has 52 valence electrons. The Labute approximate surface area is 61.2 Å². The third kappa shape index (κ3) is 5.49. The highest BCUT2D eigenvalue weighted by atomic mass is 79.9. The van der Waals surface area contributed by atoms with Gasteiger partial charge >= 0.3 is 5.97 Å². The summed E-state index contributed by atoms with van der Waals surface area (Å²) in [5.41, 5.74) is 0. The molecule has 0 heterocycles. The zero-order valence-electron chi connectivity index (χ0n) is 4.71. The molecule has 0 spiro atoms. The number of rotatable bonds is 4. The summed E-state index contributed by atoms with van der Waals surface area (Å²) in [5.74, 6) is -0.874. The van der Waals surface area contributed by atoms with Crippen LogP contribution in [0.4, 0.5) is 0 Å². The molecule has 9 heavy (non-hydrogen) atoms. The van der Waals surface area contributed by atoms with Crippen LogP contribution in [0.15, 0.2) is 0 Å². The van der Waals surface area contributed by atoms with Gasteiger partial charge in [0.15, 0.2) is 0 Å². The molecule has 0 saturated heterocycles. The molecule has 1 unspecified atom stereocenters. The number of hydrogen-bond acceptors (Lipinski definition) is 2. The first-order valence-electron chi connectivity index (χ1n) is 2.48. The maximum absolute atomic E-state index is 9.88. The van der Waals surface area contributed by atoms with Crippen LogP contribution in [0, 0.1) is 0 Å². The molecule has 0 aromatic heterocycles. The van der Waals surface area contributed by atoms with E-state index in [0.29, 0.717) is 12.7 Å². The number of carbonyl (C=O) groups excluding carboxylic acids is 1. The van der Waals surface area contributed by atoms with Gasteiger partial charge in [-0.3, -0.25) is 4.79 Å². The Hall–Kier alpha value is -0.380. The highest BCUT2D eigenvalue weighted by Crippen LogP contribution is 2.03. The molecule has 0 amide bonds. The molecule has 1 N–H and O–H groups in total. The minimum Gasteiger partial charge on any atom is -0.481 e. The van der Waals surface area contributed by atoms with Crippen LogP contribution in [0.3, 0.4) is 0 Å². The van der Waals surface area contributed by atoms with E-state index in [1.807, 2.05) is 0 Å². The smallest absolute Gasteiger partial charge is 0.303 e. The fourth-order valence-electron chi connectivity index (χ4n) is 0.329. The zero-order chi connectivity index (χ0) is 7.28. The second kappa shape index (κ2) is 4.49. The summed E-state index contributed by atoms with van der Waals surface area (Å²) >= 11 is 2.97. The van der Waals surface area contributed by atoms with Gasteiger partial charge in [-0.1, -0.05) is 15.9 Å². The SMILES string of the molecule is O=CC(Br)CCC(=O)O. The van der Waals surface area contributed by atoms with Crippen LogP contribution in [-0.4, -0.2) is 22.2 Å². The van der Waals surface area contributed by atoms with Gasteiger partial charge in [0.25, 0.3) is 0 Å². The van der Waals surface area contributed by atoms with E-state index >= 15 is 0 Å². The van der Waals surface area contributed by atoms with Crippen molar-refractivity contribution in [3.63, 3.8) is 0 Å². The van der Waals surface area contributed by atoms with Crippen LogP contribution >= 0.6 is 15.9 Å². The van der Waals surface area contributed by atoms with Crippen molar-refractivity contribution in [2.24, 2.45) is 0 Å². The Balaban J connectivity index is 3.26. The van der Waals surface area contributed by atoms with Gasteiger partial charge in [-0.2, -0.15) is 0 Å². The van der Waals surface area contributed by atoms with Crippen LogP contribution in [0.2, 0.25) is 0 Å². The lowest BCUT2D eigenvalue weighted by atomic mass is 10.2. The Morgan fingerprint density at radius 2 is 2.33 bits per heavy atom. The molecule has 0 aliphatic heterocycles. The number of aldehydes is 1. The first-order valence-corrected chi connectivity index (χ1v) is 3.39. The summed E-state index contributed by atoms with van der Waals surface area (Å²) in [6.45, 7) is 0. The van der Waals surface area contributed by atoms with Gasteiger partial charge in [0.2, 0.25) is 0 Å². The molecule has 0 radical (unpaired) electrons. The summed E-state index contributed by atoms with van der Waals surface area (Å²) in [7, 11) is 0. The third-order valence-corrected chi connectivity index (χ3v) is 1.46. The average Bonchev–Trinajstić information content (AvgIpc) is 1.83. The minimum absolute atomic E-state index is 0.0364. The molecule has 0 saturated carbocycles. The molecule has 0 bridgehead atoms. The number of aliphatic carboxylic acids is 1. The molecule has 1 atom stereocenters. The van der Waals surface area contributed by atoms with E-state index in [1.165, 1.54) is 0 Å². The maximum atomic E-state index is 9.88. The maximum Gasteiger partial charge on any atom is 0.303 e. The predicted octanol–water partition coefficient (Wildman–Crippen LogP) is 0.814. The predicted molar refractivity (Wildman–Crippen MR) is 35.6 cm³/mol. The van der Waals surface area contributed by atoms with E-state index in [4.69, 9.17) is 5.11 Å². The van der Waals surface area contributed by atoms with Gasteiger partial charge in [0.05, 0.1) is 4.83 Å². The standard InChI is InChI=1S/C5H7BrO3/c6-4(3-7)1-2-5(8)9/h3-4H,1-2H2,(H,8,9). The van der Waals surface area contributed by atoms with Gasteiger partial charge in [0, 0.05) is 6.42 Å². The lowest BCUT2D eigenvalue weighted by molar-refractivity contribution is -0.137. The van der Waals surface area contributed by atoms with Crippen molar-refractivity contribution in [1.29, 1.82) is 0 Å². The lowest BCUT2D eigenvalue weighted by Gasteiger charge is -1.94. The number of carboxylic acid groups (broad SMARTS) is 1. The van der Waals surface area contributed by atoms with Gasteiger partial charge in [-0.15, -0.1) is 0 Å². The van der Waals surface area contributed by atoms with Crippen LogP contribution in [0.25, 0.3) is 0 Å². The average molecular weight is 195 g/mol. The molecule has 0 rings (SSSR count). The fraction of sp³-hybridized carbons (Fsp3) is 0.600. The Morgan fingerprint density at radius 3 is 2.67 bits per heavy atom. The second-order valence-corrected chi connectivity index (χ2v) is 2.76. The van der Waals surface area contributed by atoms with Crippen LogP contribution in [0.5, 0.6) is 0 Å². The third-order valence-electron chi connectivity index (χ3n) is 0.782. The number of alkyl halides is 1. The molecule has 0 fully saturated rings. The van der Waals surface area contributed by atoms with E-state index in [1.54, 1.807) is 0 Å². The van der Waals surface area contributed by atoms with E-state index in [2.05, 4.69) is 15.9 Å². The normalized spacial score (nSPS) is 12.6. The van der Waals surface area contributed by atoms with Crippen molar-refractivity contribution in [3.8, 4) is 0 Å². The summed E-state index contributed by atoms with van der Waals surface area (Å²) in [4.78, 5) is 19.4. The molecule has 0 aromatic carbocycles.